The topological polar surface area (TPSA) is 85.0 Å². The number of aromatic nitrogens is 6. The van der Waals surface area contributed by atoms with E-state index in [1.807, 2.05) is 78.0 Å². The number of tetrazole rings is 1. The number of anilines is 1. The molecule has 0 spiro atoms. The van der Waals surface area contributed by atoms with E-state index in [0.717, 1.165) is 22.6 Å². The smallest absolute Gasteiger partial charge is 0.257 e. The Balaban J connectivity index is 1.30. The van der Waals surface area contributed by atoms with E-state index in [-0.39, 0.29) is 5.91 Å². The second-order valence-corrected chi connectivity index (χ2v) is 7.85. The molecule has 0 radical (unpaired) electrons. The van der Waals surface area contributed by atoms with Crippen LogP contribution in [-0.4, -0.2) is 67.0 Å². The fourth-order valence-corrected chi connectivity index (χ4v) is 4.06. The zero-order valence-corrected chi connectivity index (χ0v) is 18.1. The molecule has 0 unspecified atom stereocenters. The Morgan fingerprint density at radius 3 is 2.34 bits per heavy atom. The highest BCUT2D eigenvalue weighted by molar-refractivity contribution is 5.95. The monoisotopic (exact) mass is 428 g/mol. The Labute approximate surface area is 185 Å². The second kappa shape index (κ2) is 8.26. The number of hydrogen-bond acceptors (Lipinski definition) is 6. The van der Waals surface area contributed by atoms with Crippen molar-refractivity contribution in [2.75, 3.05) is 31.1 Å². The minimum atomic E-state index is 0.00429. The SMILES string of the molecule is Cc1ccccc1-n1ncc(C(=O)N2CCN(c3nnnn3-c3ccccc3)CC2)c1C. The van der Waals surface area contributed by atoms with E-state index in [1.165, 1.54) is 0 Å². The lowest BCUT2D eigenvalue weighted by molar-refractivity contribution is 0.0745. The third-order valence-electron chi connectivity index (χ3n) is 5.89. The van der Waals surface area contributed by atoms with Crippen LogP contribution in [0.25, 0.3) is 11.4 Å². The molecule has 1 aliphatic rings. The number of rotatable bonds is 4. The zero-order valence-electron chi connectivity index (χ0n) is 18.1. The minimum Gasteiger partial charge on any atom is -0.336 e. The molecule has 162 valence electrons. The molecule has 0 bridgehead atoms. The van der Waals surface area contributed by atoms with Crippen molar-refractivity contribution in [2.24, 2.45) is 0 Å². The fraction of sp³-hybridized carbons (Fsp3) is 0.261. The van der Waals surface area contributed by atoms with Gasteiger partial charge in [0.25, 0.3) is 5.91 Å². The Kier molecular flexibility index (Phi) is 5.14. The third-order valence-corrected chi connectivity index (χ3v) is 5.89. The molecular weight excluding hydrogens is 404 g/mol. The van der Waals surface area contributed by atoms with Crippen molar-refractivity contribution in [3.63, 3.8) is 0 Å². The van der Waals surface area contributed by atoms with Gasteiger partial charge in [0.2, 0.25) is 5.95 Å². The van der Waals surface area contributed by atoms with Crippen LogP contribution in [-0.2, 0) is 0 Å². The summed E-state index contributed by atoms with van der Waals surface area (Å²) in [7, 11) is 0. The Hall–Kier alpha value is -4.01. The Morgan fingerprint density at radius 1 is 0.875 bits per heavy atom. The normalized spacial score (nSPS) is 14.1. The van der Waals surface area contributed by atoms with E-state index in [0.29, 0.717) is 37.7 Å². The van der Waals surface area contributed by atoms with Gasteiger partial charge in [0.1, 0.15) is 0 Å². The van der Waals surface area contributed by atoms with Crippen LogP contribution in [0.3, 0.4) is 0 Å². The van der Waals surface area contributed by atoms with E-state index in [4.69, 9.17) is 0 Å². The number of para-hydroxylation sites is 2. The van der Waals surface area contributed by atoms with Crippen molar-refractivity contribution in [1.29, 1.82) is 0 Å². The number of aryl methyl sites for hydroxylation is 1. The van der Waals surface area contributed by atoms with E-state index >= 15 is 0 Å². The quantitative estimate of drug-likeness (QED) is 0.496. The van der Waals surface area contributed by atoms with Crippen molar-refractivity contribution in [3.8, 4) is 11.4 Å². The molecule has 1 aliphatic heterocycles. The molecule has 9 heteroatoms. The number of nitrogens with zero attached hydrogens (tertiary/aromatic N) is 8. The van der Waals surface area contributed by atoms with Crippen LogP contribution in [0, 0.1) is 13.8 Å². The van der Waals surface area contributed by atoms with E-state index < -0.39 is 0 Å². The first kappa shape index (κ1) is 19.9. The summed E-state index contributed by atoms with van der Waals surface area (Å²) in [6, 6.07) is 17.8. The van der Waals surface area contributed by atoms with Gasteiger partial charge in [0, 0.05) is 26.2 Å². The van der Waals surface area contributed by atoms with Gasteiger partial charge in [0.15, 0.2) is 0 Å². The van der Waals surface area contributed by atoms with Gasteiger partial charge in [-0.1, -0.05) is 41.5 Å². The van der Waals surface area contributed by atoms with E-state index in [9.17, 15) is 4.79 Å². The summed E-state index contributed by atoms with van der Waals surface area (Å²) < 4.78 is 3.57. The first-order valence-electron chi connectivity index (χ1n) is 10.6. The summed E-state index contributed by atoms with van der Waals surface area (Å²) in [6.45, 7) is 6.48. The van der Waals surface area contributed by atoms with Gasteiger partial charge in [-0.15, -0.1) is 0 Å². The van der Waals surface area contributed by atoms with Crippen LogP contribution < -0.4 is 4.90 Å². The predicted molar refractivity (Wildman–Crippen MR) is 120 cm³/mol. The highest BCUT2D eigenvalue weighted by Crippen LogP contribution is 2.21. The molecule has 5 rings (SSSR count). The first-order valence-corrected chi connectivity index (χ1v) is 10.6. The largest absolute Gasteiger partial charge is 0.336 e. The molecule has 1 amide bonds. The highest BCUT2D eigenvalue weighted by Gasteiger charge is 2.27. The Bertz CT molecular complexity index is 1240. The molecule has 9 nitrogen and oxygen atoms in total. The number of hydrogen-bond donors (Lipinski definition) is 0. The molecule has 0 N–H and O–H groups in total. The molecule has 32 heavy (non-hydrogen) atoms. The van der Waals surface area contributed by atoms with Crippen LogP contribution in [0.5, 0.6) is 0 Å². The minimum absolute atomic E-state index is 0.00429. The van der Waals surface area contributed by atoms with Gasteiger partial charge in [-0.25, -0.2) is 4.68 Å². The van der Waals surface area contributed by atoms with Crippen LogP contribution in [0.2, 0.25) is 0 Å². The van der Waals surface area contributed by atoms with Crippen molar-refractivity contribution >= 4 is 11.9 Å². The molecule has 3 heterocycles. The molecule has 2 aromatic heterocycles. The van der Waals surface area contributed by atoms with E-state index in [2.05, 4.69) is 25.5 Å². The zero-order chi connectivity index (χ0) is 22.1. The third kappa shape index (κ3) is 3.51. The molecule has 0 saturated carbocycles. The second-order valence-electron chi connectivity index (χ2n) is 7.85. The van der Waals surface area contributed by atoms with Gasteiger partial charge >= 0.3 is 0 Å². The number of piperazine rings is 1. The average Bonchev–Trinajstić information content (AvgIpc) is 3.47. The number of benzene rings is 2. The van der Waals surface area contributed by atoms with Crippen molar-refractivity contribution in [3.05, 3.63) is 77.6 Å². The summed E-state index contributed by atoms with van der Waals surface area (Å²) in [5, 5.41) is 16.7. The van der Waals surface area contributed by atoms with Crippen molar-refractivity contribution in [2.45, 2.75) is 13.8 Å². The number of amides is 1. The fourth-order valence-electron chi connectivity index (χ4n) is 4.06. The molecule has 1 saturated heterocycles. The van der Waals surface area contributed by atoms with Gasteiger partial charge in [-0.05, 0) is 48.0 Å². The summed E-state index contributed by atoms with van der Waals surface area (Å²) in [6.07, 6.45) is 1.67. The summed E-state index contributed by atoms with van der Waals surface area (Å²) in [5.41, 5.74) is 4.49. The number of carbonyl (C=O) groups excluding carboxylic acids is 1. The average molecular weight is 429 g/mol. The first-order chi connectivity index (χ1) is 15.6. The highest BCUT2D eigenvalue weighted by atomic mass is 16.2. The van der Waals surface area contributed by atoms with Crippen LogP contribution in [0.15, 0.2) is 60.8 Å². The molecule has 2 aromatic carbocycles. The maximum absolute atomic E-state index is 13.2. The van der Waals surface area contributed by atoms with Crippen molar-refractivity contribution < 1.29 is 4.79 Å². The van der Waals surface area contributed by atoms with E-state index in [1.54, 1.807) is 10.9 Å². The molecule has 4 aromatic rings. The lowest BCUT2D eigenvalue weighted by Gasteiger charge is -2.34. The maximum Gasteiger partial charge on any atom is 0.257 e. The summed E-state index contributed by atoms with van der Waals surface area (Å²) in [5.74, 6) is 0.691. The van der Waals surface area contributed by atoms with Gasteiger partial charge in [0.05, 0.1) is 28.8 Å². The maximum atomic E-state index is 13.2. The Morgan fingerprint density at radius 2 is 1.59 bits per heavy atom. The molecule has 0 atom stereocenters. The van der Waals surface area contributed by atoms with Gasteiger partial charge < -0.3 is 9.80 Å². The predicted octanol–water partition coefficient (Wildman–Crippen LogP) is 2.43. The van der Waals surface area contributed by atoms with Crippen LogP contribution in [0.1, 0.15) is 21.6 Å². The van der Waals surface area contributed by atoms with Gasteiger partial charge in [-0.2, -0.15) is 9.78 Å². The van der Waals surface area contributed by atoms with Gasteiger partial charge in [-0.3, -0.25) is 4.79 Å². The van der Waals surface area contributed by atoms with Crippen LogP contribution >= 0.6 is 0 Å². The molecule has 0 aliphatic carbocycles. The van der Waals surface area contributed by atoms with Crippen LogP contribution in [0.4, 0.5) is 5.95 Å². The summed E-state index contributed by atoms with van der Waals surface area (Å²) >= 11 is 0. The lowest BCUT2D eigenvalue weighted by atomic mass is 10.1. The molecular formula is C23H24N8O. The lowest BCUT2D eigenvalue weighted by Crippen LogP contribution is -2.49. The standard InChI is InChI=1S/C23H24N8O/c1-17-8-6-7-11-21(17)30-18(2)20(16-24-30)22(32)28-12-14-29(15-13-28)23-25-26-27-31(23)19-9-4-3-5-10-19/h3-11,16H,12-15H2,1-2H3. The van der Waals surface area contributed by atoms with Crippen molar-refractivity contribution in [1.82, 2.24) is 34.9 Å². The number of carbonyl (C=O) groups is 1. The summed E-state index contributed by atoms with van der Waals surface area (Å²) in [4.78, 5) is 17.2. The molecule has 1 fully saturated rings.